The van der Waals surface area contributed by atoms with Gasteiger partial charge in [0.05, 0.1) is 6.61 Å². The number of nitrogens with zero attached hydrogens (tertiary/aromatic N) is 1. The van der Waals surface area contributed by atoms with Gasteiger partial charge in [-0.2, -0.15) is 5.10 Å². The van der Waals surface area contributed by atoms with Gasteiger partial charge in [0.2, 0.25) is 0 Å². The van der Waals surface area contributed by atoms with Crippen LogP contribution in [-0.2, 0) is 17.6 Å². The van der Waals surface area contributed by atoms with Gasteiger partial charge in [0, 0.05) is 24.1 Å². The maximum atomic E-state index is 13.2. The fraction of sp³-hybridized carbons (Fsp3) is 0.600. The van der Waals surface area contributed by atoms with E-state index >= 15 is 0 Å². The van der Waals surface area contributed by atoms with Crippen molar-refractivity contribution in [2.75, 3.05) is 6.61 Å². The van der Waals surface area contributed by atoms with E-state index in [0.717, 1.165) is 0 Å². The number of H-pyrrole nitrogens is 1. The molecule has 4 nitrogen and oxygen atoms in total. The van der Waals surface area contributed by atoms with Gasteiger partial charge in [-0.15, -0.1) is 0 Å². The predicted octanol–water partition coefficient (Wildman–Crippen LogP) is 1.71. The average molecular weight is 230 g/mol. The highest BCUT2D eigenvalue weighted by Crippen LogP contribution is 2.33. The number of hydrogen-bond acceptors (Lipinski definition) is 3. The smallest absolute Gasteiger partial charge is 0.359 e. The molecule has 1 heterocycles. The molecular formula is C10H12F2N2O2. The number of nitrogens with one attached hydrogen (secondary N) is 1. The summed E-state index contributed by atoms with van der Waals surface area (Å²) in [6.07, 6.45) is -0.424. The molecule has 0 fully saturated rings. The molecule has 6 heteroatoms. The summed E-state index contributed by atoms with van der Waals surface area (Å²) in [5, 5.41) is 6.37. The first-order valence-electron chi connectivity index (χ1n) is 5.14. The van der Waals surface area contributed by atoms with Crippen LogP contribution in [0.4, 0.5) is 8.78 Å². The van der Waals surface area contributed by atoms with E-state index in [0.29, 0.717) is 11.3 Å². The molecule has 0 aromatic carbocycles. The molecule has 16 heavy (non-hydrogen) atoms. The first-order valence-corrected chi connectivity index (χ1v) is 5.14. The van der Waals surface area contributed by atoms with Gasteiger partial charge in [-0.3, -0.25) is 5.10 Å². The topological polar surface area (TPSA) is 55.0 Å². The third kappa shape index (κ3) is 1.91. The van der Waals surface area contributed by atoms with E-state index in [1.54, 1.807) is 6.92 Å². The van der Waals surface area contributed by atoms with Crippen molar-refractivity contribution in [1.82, 2.24) is 10.2 Å². The van der Waals surface area contributed by atoms with E-state index in [1.807, 2.05) is 0 Å². The number of hydrogen-bond donors (Lipinski definition) is 1. The Morgan fingerprint density at radius 2 is 2.38 bits per heavy atom. The minimum absolute atomic E-state index is 0.00350. The number of carbonyl (C=O) groups is 1. The van der Waals surface area contributed by atoms with E-state index in [9.17, 15) is 13.6 Å². The molecule has 88 valence electrons. The number of alkyl halides is 2. The van der Waals surface area contributed by atoms with Crippen molar-refractivity contribution >= 4 is 5.97 Å². The van der Waals surface area contributed by atoms with Crippen LogP contribution < -0.4 is 0 Å². The Morgan fingerprint density at radius 1 is 1.62 bits per heavy atom. The minimum Gasteiger partial charge on any atom is -0.461 e. The molecule has 0 bridgehead atoms. The summed E-state index contributed by atoms with van der Waals surface area (Å²) >= 11 is 0. The molecule has 2 rings (SSSR count). The lowest BCUT2D eigenvalue weighted by Crippen LogP contribution is -2.26. The van der Waals surface area contributed by atoms with Crippen LogP contribution in [-0.4, -0.2) is 28.7 Å². The second-order valence-corrected chi connectivity index (χ2v) is 3.78. The van der Waals surface area contributed by atoms with Gasteiger partial charge in [0.1, 0.15) is 0 Å². The Hall–Kier alpha value is -1.46. The maximum absolute atomic E-state index is 13.2. The van der Waals surface area contributed by atoms with Crippen LogP contribution in [0.25, 0.3) is 0 Å². The molecule has 0 saturated carbocycles. The third-order valence-electron chi connectivity index (χ3n) is 2.60. The highest BCUT2D eigenvalue weighted by molar-refractivity contribution is 5.89. The summed E-state index contributed by atoms with van der Waals surface area (Å²) in [6.45, 7) is 1.86. The number of carbonyl (C=O) groups excluding carboxylic acids is 1. The number of aryl methyl sites for hydroxylation is 1. The van der Waals surface area contributed by atoms with Gasteiger partial charge in [0.25, 0.3) is 5.92 Å². The highest BCUT2D eigenvalue weighted by atomic mass is 19.3. The second-order valence-electron chi connectivity index (χ2n) is 3.78. The van der Waals surface area contributed by atoms with Crippen LogP contribution in [0.5, 0.6) is 0 Å². The Bertz CT molecular complexity index is 415. The molecule has 0 aliphatic heterocycles. The van der Waals surface area contributed by atoms with Crippen molar-refractivity contribution in [3.8, 4) is 0 Å². The number of rotatable bonds is 2. The van der Waals surface area contributed by atoms with Crippen LogP contribution in [0, 0.1) is 0 Å². The van der Waals surface area contributed by atoms with Crippen LogP contribution >= 0.6 is 0 Å². The van der Waals surface area contributed by atoms with E-state index < -0.39 is 18.3 Å². The number of aromatic amines is 1. The van der Waals surface area contributed by atoms with Crippen molar-refractivity contribution in [2.45, 2.75) is 32.1 Å². The largest absolute Gasteiger partial charge is 0.461 e. The van der Waals surface area contributed by atoms with Gasteiger partial charge < -0.3 is 4.74 Å². The number of ether oxygens (including phenoxy) is 1. The zero-order valence-corrected chi connectivity index (χ0v) is 8.85. The minimum atomic E-state index is -2.75. The number of esters is 1. The van der Waals surface area contributed by atoms with Crippen molar-refractivity contribution in [3.05, 3.63) is 17.0 Å². The molecule has 0 amide bonds. The molecule has 1 N–H and O–H groups in total. The average Bonchev–Trinajstić information content (AvgIpc) is 2.59. The Morgan fingerprint density at radius 3 is 3.06 bits per heavy atom. The van der Waals surface area contributed by atoms with Gasteiger partial charge >= 0.3 is 5.97 Å². The normalized spacial score (nSPS) is 17.9. The van der Waals surface area contributed by atoms with Crippen LogP contribution in [0.1, 0.15) is 35.1 Å². The lowest BCUT2D eigenvalue weighted by molar-refractivity contribution is -0.0127. The standard InChI is InChI=1S/C10H12F2N2O2/c1-2-16-9(15)8-6-5-10(11,12)4-3-7(6)13-14-8/h2-5H2,1H3,(H,13,14). The summed E-state index contributed by atoms with van der Waals surface area (Å²) in [5.41, 5.74) is 0.917. The van der Waals surface area contributed by atoms with Crippen LogP contribution in [0.2, 0.25) is 0 Å². The Kier molecular flexibility index (Phi) is 2.65. The van der Waals surface area contributed by atoms with E-state index in [1.165, 1.54) is 0 Å². The lowest BCUT2D eigenvalue weighted by Gasteiger charge is -2.21. The van der Waals surface area contributed by atoms with Crippen molar-refractivity contribution in [1.29, 1.82) is 0 Å². The molecule has 1 aliphatic carbocycles. The monoisotopic (exact) mass is 230 g/mol. The van der Waals surface area contributed by atoms with E-state index in [2.05, 4.69) is 10.2 Å². The number of aromatic nitrogens is 2. The van der Waals surface area contributed by atoms with Crippen molar-refractivity contribution in [3.63, 3.8) is 0 Å². The molecule has 0 spiro atoms. The Balaban J connectivity index is 2.30. The second kappa shape index (κ2) is 3.84. The molecule has 1 aliphatic rings. The molecule has 0 unspecified atom stereocenters. The fourth-order valence-corrected chi connectivity index (χ4v) is 1.82. The lowest BCUT2D eigenvalue weighted by atomic mass is 9.93. The van der Waals surface area contributed by atoms with Crippen LogP contribution in [0.3, 0.4) is 0 Å². The van der Waals surface area contributed by atoms with E-state index in [4.69, 9.17) is 4.74 Å². The van der Waals surface area contributed by atoms with Crippen molar-refractivity contribution in [2.24, 2.45) is 0 Å². The quantitative estimate of drug-likeness (QED) is 0.787. The number of halogens is 2. The first-order chi connectivity index (χ1) is 7.53. The SMILES string of the molecule is CCOC(=O)c1n[nH]c2c1CC(F)(F)CC2. The number of fused-ring (bicyclic) bond motifs is 1. The Labute approximate surface area is 91.0 Å². The molecule has 0 radical (unpaired) electrons. The van der Waals surface area contributed by atoms with Gasteiger partial charge in [-0.05, 0) is 13.3 Å². The zero-order chi connectivity index (χ0) is 11.8. The molecule has 0 saturated heterocycles. The summed E-state index contributed by atoms with van der Waals surface area (Å²) in [5.74, 6) is -3.39. The predicted molar refractivity (Wildman–Crippen MR) is 51.5 cm³/mol. The van der Waals surface area contributed by atoms with E-state index in [-0.39, 0.29) is 25.1 Å². The maximum Gasteiger partial charge on any atom is 0.359 e. The summed E-state index contributed by atoms with van der Waals surface area (Å²) in [4.78, 5) is 11.4. The summed E-state index contributed by atoms with van der Waals surface area (Å²) < 4.78 is 31.1. The molecule has 1 aromatic heterocycles. The van der Waals surface area contributed by atoms with Gasteiger partial charge in [0.15, 0.2) is 5.69 Å². The third-order valence-corrected chi connectivity index (χ3v) is 2.60. The zero-order valence-electron chi connectivity index (χ0n) is 8.85. The summed E-state index contributed by atoms with van der Waals surface area (Å²) in [7, 11) is 0. The van der Waals surface area contributed by atoms with Gasteiger partial charge in [-0.1, -0.05) is 0 Å². The van der Waals surface area contributed by atoms with Crippen LogP contribution in [0.15, 0.2) is 0 Å². The highest BCUT2D eigenvalue weighted by Gasteiger charge is 2.38. The summed E-state index contributed by atoms with van der Waals surface area (Å²) in [6, 6.07) is 0. The molecule has 0 atom stereocenters. The van der Waals surface area contributed by atoms with Crippen molar-refractivity contribution < 1.29 is 18.3 Å². The fourth-order valence-electron chi connectivity index (χ4n) is 1.82. The molecule has 1 aromatic rings. The van der Waals surface area contributed by atoms with Gasteiger partial charge in [-0.25, -0.2) is 13.6 Å². The molecular weight excluding hydrogens is 218 g/mol. The first kappa shape index (κ1) is 11.0.